The van der Waals surface area contributed by atoms with Crippen molar-refractivity contribution >= 4 is 9.84 Å². The molecule has 1 N–H and O–H groups in total. The van der Waals surface area contributed by atoms with Crippen LogP contribution in [0.5, 0.6) is 0 Å². The molecule has 17 heavy (non-hydrogen) atoms. The van der Waals surface area contributed by atoms with E-state index >= 15 is 0 Å². The van der Waals surface area contributed by atoms with E-state index in [-0.39, 0.29) is 0 Å². The Kier molecular flexibility index (Phi) is 6.49. The molecule has 1 aliphatic rings. The molecule has 0 spiro atoms. The summed E-state index contributed by atoms with van der Waals surface area (Å²) in [7, 11) is -2.75. The van der Waals surface area contributed by atoms with E-state index < -0.39 is 9.84 Å². The molecule has 0 aliphatic heterocycles. The molecule has 0 bridgehead atoms. The highest BCUT2D eigenvalue weighted by atomic mass is 32.2. The summed E-state index contributed by atoms with van der Waals surface area (Å²) in [5, 5.41) is 3.56. The van der Waals surface area contributed by atoms with Crippen LogP contribution in [0.4, 0.5) is 0 Å². The van der Waals surface area contributed by atoms with Crippen molar-refractivity contribution in [3.63, 3.8) is 0 Å². The Balaban J connectivity index is 2.14. The van der Waals surface area contributed by atoms with Crippen molar-refractivity contribution in [2.45, 2.75) is 58.4 Å². The van der Waals surface area contributed by atoms with Crippen LogP contribution in [0.1, 0.15) is 52.4 Å². The average Bonchev–Trinajstić information content (AvgIpc) is 2.74. The molecular weight excluding hydrogens is 234 g/mol. The molecule has 4 heteroatoms. The lowest BCUT2D eigenvalue weighted by molar-refractivity contribution is 0.459. The van der Waals surface area contributed by atoms with Gasteiger partial charge in [-0.25, -0.2) is 8.42 Å². The van der Waals surface area contributed by atoms with Crippen molar-refractivity contribution in [2.24, 2.45) is 5.92 Å². The van der Waals surface area contributed by atoms with Gasteiger partial charge in [-0.05, 0) is 51.0 Å². The van der Waals surface area contributed by atoms with Crippen molar-refractivity contribution in [1.82, 2.24) is 5.32 Å². The molecule has 102 valence electrons. The van der Waals surface area contributed by atoms with Gasteiger partial charge in [-0.15, -0.1) is 0 Å². The number of hydrogen-bond donors (Lipinski definition) is 1. The molecule has 1 saturated carbocycles. The Morgan fingerprint density at radius 3 is 2.65 bits per heavy atom. The topological polar surface area (TPSA) is 46.2 Å². The van der Waals surface area contributed by atoms with E-state index in [1.807, 2.05) is 0 Å². The molecule has 0 heterocycles. The molecular formula is C13H27NO2S. The summed E-state index contributed by atoms with van der Waals surface area (Å²) < 4.78 is 22.7. The largest absolute Gasteiger partial charge is 0.314 e. The molecule has 0 aromatic carbocycles. The monoisotopic (exact) mass is 261 g/mol. The first-order valence-electron chi connectivity index (χ1n) is 7.01. The predicted molar refractivity (Wildman–Crippen MR) is 73.0 cm³/mol. The molecule has 0 saturated heterocycles. The van der Waals surface area contributed by atoms with Crippen LogP contribution in [-0.4, -0.2) is 32.5 Å². The van der Waals surface area contributed by atoms with Gasteiger partial charge < -0.3 is 5.32 Å². The zero-order chi connectivity index (χ0) is 12.7. The molecule has 2 atom stereocenters. The fourth-order valence-corrected chi connectivity index (χ4v) is 3.50. The maximum absolute atomic E-state index is 11.4. The quantitative estimate of drug-likeness (QED) is 0.729. The summed E-state index contributed by atoms with van der Waals surface area (Å²) in [4.78, 5) is 0. The normalized spacial score (nSPS) is 25.3. The van der Waals surface area contributed by atoms with Crippen LogP contribution >= 0.6 is 0 Å². The molecule has 0 amide bonds. The van der Waals surface area contributed by atoms with Crippen LogP contribution in [0.15, 0.2) is 0 Å². The zero-order valence-corrected chi connectivity index (χ0v) is 12.1. The van der Waals surface area contributed by atoms with Crippen LogP contribution < -0.4 is 5.32 Å². The van der Waals surface area contributed by atoms with E-state index in [0.717, 1.165) is 25.3 Å². The minimum Gasteiger partial charge on any atom is -0.314 e. The molecule has 2 unspecified atom stereocenters. The second-order valence-electron chi connectivity index (χ2n) is 5.21. The molecule has 1 aliphatic carbocycles. The first kappa shape index (κ1) is 15.0. The van der Waals surface area contributed by atoms with E-state index in [1.54, 1.807) is 6.92 Å². The highest BCUT2D eigenvalue weighted by Crippen LogP contribution is 2.29. The Morgan fingerprint density at radius 1 is 1.24 bits per heavy atom. The Bertz CT molecular complexity index is 301. The summed E-state index contributed by atoms with van der Waals surface area (Å²) in [6, 6.07) is 0.683. The van der Waals surface area contributed by atoms with Crippen LogP contribution in [0.3, 0.4) is 0 Å². The molecule has 0 aromatic heterocycles. The van der Waals surface area contributed by atoms with E-state index in [4.69, 9.17) is 0 Å². The van der Waals surface area contributed by atoms with Crippen LogP contribution in [0.25, 0.3) is 0 Å². The number of hydrogen-bond acceptors (Lipinski definition) is 3. The molecule has 3 nitrogen and oxygen atoms in total. The third-order valence-corrected chi connectivity index (χ3v) is 5.52. The Morgan fingerprint density at radius 2 is 2.00 bits per heavy atom. The van der Waals surface area contributed by atoms with Gasteiger partial charge in [0.05, 0.1) is 5.75 Å². The molecule has 1 rings (SSSR count). The average molecular weight is 261 g/mol. The Labute approximate surface area is 106 Å². The van der Waals surface area contributed by atoms with E-state index in [9.17, 15) is 8.42 Å². The minimum absolute atomic E-state index is 0.290. The zero-order valence-electron chi connectivity index (χ0n) is 11.2. The van der Waals surface area contributed by atoms with Gasteiger partial charge in [0, 0.05) is 11.8 Å². The first-order chi connectivity index (χ1) is 8.07. The fraction of sp³-hybridized carbons (Fsp3) is 1.00. The van der Waals surface area contributed by atoms with Gasteiger partial charge in [0.2, 0.25) is 0 Å². The lowest BCUT2D eigenvalue weighted by Crippen LogP contribution is -2.27. The second-order valence-corrected chi connectivity index (χ2v) is 7.68. The lowest BCUT2D eigenvalue weighted by atomic mass is 10.0. The third kappa shape index (κ3) is 5.87. The highest BCUT2D eigenvalue weighted by Gasteiger charge is 2.23. The second kappa shape index (κ2) is 7.37. The van der Waals surface area contributed by atoms with E-state index in [1.165, 1.54) is 25.7 Å². The van der Waals surface area contributed by atoms with Crippen LogP contribution in [0, 0.1) is 5.92 Å². The van der Waals surface area contributed by atoms with E-state index in [2.05, 4.69) is 12.2 Å². The summed E-state index contributed by atoms with van der Waals surface area (Å²) in [5.74, 6) is 1.42. The highest BCUT2D eigenvalue weighted by molar-refractivity contribution is 7.91. The van der Waals surface area contributed by atoms with Gasteiger partial charge >= 0.3 is 0 Å². The van der Waals surface area contributed by atoms with Crippen molar-refractivity contribution in [3.05, 3.63) is 0 Å². The fourth-order valence-electron chi connectivity index (χ4n) is 2.61. The SMILES string of the molecule is CCCNC1CCC(CCCS(=O)(=O)CC)C1. The van der Waals surface area contributed by atoms with Crippen molar-refractivity contribution in [2.75, 3.05) is 18.1 Å². The maximum Gasteiger partial charge on any atom is 0.150 e. The van der Waals surface area contributed by atoms with Crippen molar-refractivity contribution < 1.29 is 8.42 Å². The van der Waals surface area contributed by atoms with Gasteiger partial charge in [0.1, 0.15) is 9.84 Å². The number of sulfone groups is 1. The number of rotatable bonds is 8. The molecule has 0 radical (unpaired) electrons. The summed E-state index contributed by atoms with van der Waals surface area (Å²) in [6.07, 6.45) is 6.91. The van der Waals surface area contributed by atoms with Crippen LogP contribution in [-0.2, 0) is 9.84 Å². The standard InChI is InChI=1S/C13H27NO2S/c1-3-9-14-13-8-7-12(11-13)6-5-10-17(15,16)4-2/h12-14H,3-11H2,1-2H3. The van der Waals surface area contributed by atoms with Gasteiger partial charge in [0.25, 0.3) is 0 Å². The predicted octanol–water partition coefficient (Wildman–Crippen LogP) is 2.37. The summed E-state index contributed by atoms with van der Waals surface area (Å²) in [5.41, 5.74) is 0. The van der Waals surface area contributed by atoms with Crippen molar-refractivity contribution in [1.29, 1.82) is 0 Å². The van der Waals surface area contributed by atoms with Crippen molar-refractivity contribution in [3.8, 4) is 0 Å². The minimum atomic E-state index is -2.75. The summed E-state index contributed by atoms with van der Waals surface area (Å²) in [6.45, 7) is 5.03. The van der Waals surface area contributed by atoms with E-state index in [0.29, 0.717) is 17.5 Å². The van der Waals surface area contributed by atoms with Gasteiger partial charge in [-0.2, -0.15) is 0 Å². The third-order valence-electron chi connectivity index (χ3n) is 3.73. The lowest BCUT2D eigenvalue weighted by Gasteiger charge is -2.12. The molecule has 0 aromatic rings. The smallest absolute Gasteiger partial charge is 0.150 e. The van der Waals surface area contributed by atoms with Gasteiger partial charge in [-0.3, -0.25) is 0 Å². The number of nitrogens with one attached hydrogen (secondary N) is 1. The van der Waals surface area contributed by atoms with Gasteiger partial charge in [-0.1, -0.05) is 13.8 Å². The Hall–Kier alpha value is -0.0900. The van der Waals surface area contributed by atoms with Crippen LogP contribution in [0.2, 0.25) is 0 Å². The van der Waals surface area contributed by atoms with Gasteiger partial charge in [0.15, 0.2) is 0 Å². The molecule has 1 fully saturated rings. The first-order valence-corrected chi connectivity index (χ1v) is 8.83. The summed E-state index contributed by atoms with van der Waals surface area (Å²) >= 11 is 0. The maximum atomic E-state index is 11.4.